The molecule has 6 heteroatoms. The van der Waals surface area contributed by atoms with Gasteiger partial charge in [0.15, 0.2) is 5.69 Å². The number of anilines is 1. The van der Waals surface area contributed by atoms with E-state index in [-0.39, 0.29) is 5.56 Å². The summed E-state index contributed by atoms with van der Waals surface area (Å²) in [6.07, 6.45) is 0.890. The summed E-state index contributed by atoms with van der Waals surface area (Å²) in [6.45, 7) is 9.57. The Bertz CT molecular complexity index is 834. The Morgan fingerprint density at radius 2 is 1.81 bits per heavy atom. The van der Waals surface area contributed by atoms with Gasteiger partial charge in [-0.1, -0.05) is 24.3 Å². The smallest absolute Gasteiger partial charge is 0.335 e. The van der Waals surface area contributed by atoms with E-state index in [4.69, 9.17) is 11.7 Å². The van der Waals surface area contributed by atoms with Crippen LogP contribution in [0.4, 0.5) is 11.4 Å². The van der Waals surface area contributed by atoms with Gasteiger partial charge in [0.1, 0.15) is 5.60 Å². The third kappa shape index (κ3) is 4.64. The van der Waals surface area contributed by atoms with E-state index in [9.17, 15) is 9.90 Å². The second kappa shape index (κ2) is 7.78. The summed E-state index contributed by atoms with van der Waals surface area (Å²) >= 11 is 0. The molecule has 1 fully saturated rings. The molecule has 0 aliphatic carbocycles. The van der Waals surface area contributed by atoms with Gasteiger partial charge in [-0.3, -0.25) is 4.90 Å². The first-order chi connectivity index (χ1) is 12.9. The molecule has 2 aromatic carbocycles. The fourth-order valence-electron chi connectivity index (χ4n) is 3.46. The molecule has 0 atom stereocenters. The minimum Gasteiger partial charge on any atom is -0.478 e. The topological polar surface area (TPSA) is 68.4 Å². The zero-order valence-electron chi connectivity index (χ0n) is 15.3. The number of carboxylic acid groups (broad SMARTS) is 1. The molecule has 0 radical (unpaired) electrons. The molecule has 1 saturated heterocycles. The van der Waals surface area contributed by atoms with Crippen LogP contribution in [0.1, 0.15) is 15.9 Å². The number of hydrogen-bond donors (Lipinski definition) is 2. The minimum absolute atomic E-state index is 0.255. The SMILES string of the molecule is [C-]#[N+]c1ccc(CCN2CC(O)(CN(C)c3ccc(C(=O)O)cc3)C2)cc1. The van der Waals surface area contributed by atoms with E-state index in [0.717, 1.165) is 18.7 Å². The van der Waals surface area contributed by atoms with Gasteiger partial charge in [-0.15, -0.1) is 0 Å². The lowest BCUT2D eigenvalue weighted by Gasteiger charge is -2.48. The van der Waals surface area contributed by atoms with Gasteiger partial charge in [0.25, 0.3) is 0 Å². The molecule has 1 heterocycles. The van der Waals surface area contributed by atoms with Crippen molar-refractivity contribution in [2.24, 2.45) is 0 Å². The molecule has 0 aromatic heterocycles. The second-order valence-electron chi connectivity index (χ2n) is 7.17. The molecule has 3 rings (SSSR count). The van der Waals surface area contributed by atoms with Crippen LogP contribution in [0.2, 0.25) is 0 Å². The van der Waals surface area contributed by atoms with Crippen LogP contribution in [-0.2, 0) is 6.42 Å². The van der Waals surface area contributed by atoms with Crippen LogP contribution in [0.5, 0.6) is 0 Å². The predicted octanol–water partition coefficient (Wildman–Crippen LogP) is 2.66. The summed E-state index contributed by atoms with van der Waals surface area (Å²) in [7, 11) is 1.90. The highest BCUT2D eigenvalue weighted by Crippen LogP contribution is 2.25. The minimum atomic E-state index is -0.943. The van der Waals surface area contributed by atoms with E-state index in [0.29, 0.717) is 25.3 Å². The maximum atomic E-state index is 10.9. The number of rotatable bonds is 7. The first kappa shape index (κ1) is 18.9. The van der Waals surface area contributed by atoms with Crippen molar-refractivity contribution in [3.63, 3.8) is 0 Å². The number of likely N-dealkylation sites (N-methyl/N-ethyl adjacent to an activating group) is 1. The normalized spacial score (nSPS) is 15.6. The average molecular weight is 365 g/mol. The predicted molar refractivity (Wildman–Crippen MR) is 104 cm³/mol. The molecule has 0 unspecified atom stereocenters. The molecule has 1 aliphatic rings. The molecule has 0 spiro atoms. The molecule has 2 N–H and O–H groups in total. The summed E-state index contributed by atoms with van der Waals surface area (Å²) in [4.78, 5) is 18.5. The number of carboxylic acids is 1. The fourth-order valence-corrected chi connectivity index (χ4v) is 3.46. The van der Waals surface area contributed by atoms with Crippen LogP contribution >= 0.6 is 0 Å². The average Bonchev–Trinajstić information content (AvgIpc) is 2.65. The number of carbonyl (C=O) groups is 1. The molecule has 140 valence electrons. The highest BCUT2D eigenvalue weighted by Gasteiger charge is 2.41. The Labute approximate surface area is 159 Å². The van der Waals surface area contributed by atoms with E-state index < -0.39 is 11.6 Å². The first-order valence-electron chi connectivity index (χ1n) is 8.84. The Hall–Kier alpha value is -2.88. The highest BCUT2D eigenvalue weighted by atomic mass is 16.4. The zero-order chi connectivity index (χ0) is 19.4. The molecule has 0 amide bonds. The Balaban J connectivity index is 1.46. The van der Waals surface area contributed by atoms with Crippen LogP contribution in [-0.4, -0.2) is 59.9 Å². The van der Waals surface area contributed by atoms with Crippen molar-refractivity contribution in [2.45, 2.75) is 12.0 Å². The third-order valence-corrected chi connectivity index (χ3v) is 4.90. The Morgan fingerprint density at radius 3 is 2.37 bits per heavy atom. The van der Waals surface area contributed by atoms with Crippen LogP contribution in [0.3, 0.4) is 0 Å². The van der Waals surface area contributed by atoms with Gasteiger partial charge < -0.3 is 15.1 Å². The lowest BCUT2D eigenvalue weighted by atomic mass is 9.92. The Morgan fingerprint density at radius 1 is 1.19 bits per heavy atom. The Kier molecular flexibility index (Phi) is 5.45. The quantitative estimate of drug-likeness (QED) is 0.739. The number of aromatic carboxylic acids is 1. The van der Waals surface area contributed by atoms with Crippen molar-refractivity contribution < 1.29 is 15.0 Å². The van der Waals surface area contributed by atoms with Gasteiger partial charge >= 0.3 is 5.97 Å². The zero-order valence-corrected chi connectivity index (χ0v) is 15.3. The number of benzene rings is 2. The van der Waals surface area contributed by atoms with Crippen LogP contribution in [0, 0.1) is 6.57 Å². The van der Waals surface area contributed by atoms with Crippen molar-refractivity contribution in [2.75, 3.05) is 38.1 Å². The van der Waals surface area contributed by atoms with Crippen molar-refractivity contribution in [3.05, 3.63) is 71.1 Å². The van der Waals surface area contributed by atoms with Gasteiger partial charge in [-0.05, 0) is 36.2 Å². The van der Waals surface area contributed by atoms with Crippen molar-refractivity contribution >= 4 is 17.3 Å². The highest BCUT2D eigenvalue weighted by molar-refractivity contribution is 5.88. The van der Waals surface area contributed by atoms with Crippen molar-refractivity contribution in [1.29, 1.82) is 0 Å². The summed E-state index contributed by atoms with van der Waals surface area (Å²) in [5.41, 5.74) is 2.22. The summed E-state index contributed by atoms with van der Waals surface area (Å²) < 4.78 is 0. The van der Waals surface area contributed by atoms with Crippen molar-refractivity contribution in [3.8, 4) is 0 Å². The third-order valence-electron chi connectivity index (χ3n) is 4.90. The van der Waals surface area contributed by atoms with E-state index in [1.807, 2.05) is 36.2 Å². The van der Waals surface area contributed by atoms with Gasteiger partial charge in [0.05, 0.1) is 12.1 Å². The van der Waals surface area contributed by atoms with Gasteiger partial charge in [-0.25, -0.2) is 9.64 Å². The summed E-state index contributed by atoms with van der Waals surface area (Å²) in [5, 5.41) is 19.7. The molecule has 0 bridgehead atoms. The van der Waals surface area contributed by atoms with Crippen LogP contribution < -0.4 is 4.90 Å². The van der Waals surface area contributed by atoms with E-state index in [1.165, 1.54) is 5.56 Å². The van der Waals surface area contributed by atoms with Crippen molar-refractivity contribution in [1.82, 2.24) is 4.90 Å². The largest absolute Gasteiger partial charge is 0.478 e. The lowest BCUT2D eigenvalue weighted by Crippen LogP contribution is -2.66. The molecule has 27 heavy (non-hydrogen) atoms. The molecule has 2 aromatic rings. The van der Waals surface area contributed by atoms with E-state index in [2.05, 4.69) is 9.74 Å². The number of aliphatic hydroxyl groups is 1. The molecule has 6 nitrogen and oxygen atoms in total. The van der Waals surface area contributed by atoms with Gasteiger partial charge in [0.2, 0.25) is 0 Å². The van der Waals surface area contributed by atoms with E-state index in [1.54, 1.807) is 24.3 Å². The van der Waals surface area contributed by atoms with Crippen LogP contribution in [0.15, 0.2) is 48.5 Å². The second-order valence-corrected chi connectivity index (χ2v) is 7.17. The molecular weight excluding hydrogens is 342 g/mol. The number of likely N-dealkylation sites (tertiary alicyclic amines) is 1. The van der Waals surface area contributed by atoms with Gasteiger partial charge in [-0.2, -0.15) is 0 Å². The van der Waals surface area contributed by atoms with E-state index >= 15 is 0 Å². The standard InChI is InChI=1S/C21H23N3O3/c1-22-18-7-3-16(4-8-18)11-12-24-14-21(27,15-24)13-23(2)19-9-5-17(6-10-19)20(25)26/h3-10,27H,11-15H2,2H3,(H,25,26). The van der Waals surface area contributed by atoms with Gasteiger partial charge in [0, 0.05) is 38.9 Å². The number of nitrogens with zero attached hydrogens (tertiary/aromatic N) is 3. The summed E-state index contributed by atoms with van der Waals surface area (Å²) in [5.74, 6) is -0.943. The monoisotopic (exact) mass is 365 g/mol. The molecule has 1 aliphatic heterocycles. The fraction of sp³-hybridized carbons (Fsp3) is 0.333. The number of β-amino-alcohol motifs (C(OH)–C–C–N with tert-alkyl or cyclic N) is 1. The maximum absolute atomic E-state index is 10.9. The number of hydrogen-bond acceptors (Lipinski definition) is 4. The first-order valence-corrected chi connectivity index (χ1v) is 8.84. The lowest BCUT2D eigenvalue weighted by molar-refractivity contribution is -0.0896. The molecule has 0 saturated carbocycles. The maximum Gasteiger partial charge on any atom is 0.335 e. The summed E-state index contributed by atoms with van der Waals surface area (Å²) in [6, 6.07) is 14.3. The van der Waals surface area contributed by atoms with Crippen LogP contribution in [0.25, 0.3) is 4.85 Å². The molecular formula is C21H23N3O3.